The van der Waals surface area contributed by atoms with Crippen molar-refractivity contribution in [3.05, 3.63) is 30.3 Å². The van der Waals surface area contributed by atoms with Gasteiger partial charge in [-0.25, -0.2) is 0 Å². The molecule has 1 aliphatic rings. The second kappa shape index (κ2) is 6.01. The number of hydrogen-bond donors (Lipinski definition) is 1. The molecule has 3 heteroatoms. The number of carbonyl (C=O) groups excluding carboxylic acids is 1. The Kier molecular flexibility index (Phi) is 4.37. The molecule has 0 spiro atoms. The molecule has 1 aliphatic carbocycles. The lowest BCUT2D eigenvalue weighted by molar-refractivity contribution is -0.121. The van der Waals surface area contributed by atoms with Crippen molar-refractivity contribution >= 4 is 11.6 Å². The molecule has 1 amide bonds. The van der Waals surface area contributed by atoms with E-state index in [4.69, 9.17) is 0 Å². The van der Waals surface area contributed by atoms with E-state index in [2.05, 4.69) is 5.32 Å². The molecule has 0 radical (unpaired) electrons. The average molecular weight is 246 g/mol. The van der Waals surface area contributed by atoms with Crippen LogP contribution < -0.4 is 10.2 Å². The van der Waals surface area contributed by atoms with Crippen LogP contribution in [0.2, 0.25) is 0 Å². The second-order valence-corrected chi connectivity index (χ2v) is 5.19. The van der Waals surface area contributed by atoms with Crippen LogP contribution in [0.15, 0.2) is 30.3 Å². The minimum absolute atomic E-state index is 0.0222. The summed E-state index contributed by atoms with van der Waals surface area (Å²) in [5.41, 5.74) is 1.03. The Bertz CT molecular complexity index is 387. The molecule has 1 fully saturated rings. The summed E-state index contributed by atoms with van der Waals surface area (Å²) in [6.45, 7) is 3.59. The van der Waals surface area contributed by atoms with E-state index in [0.29, 0.717) is 5.92 Å². The SMILES string of the molecule is CNCC(C)C(=O)N(CC1CC1)c1ccccc1. The van der Waals surface area contributed by atoms with Gasteiger partial charge in [0.1, 0.15) is 0 Å². The molecule has 18 heavy (non-hydrogen) atoms. The molecule has 0 aromatic heterocycles. The molecule has 0 aliphatic heterocycles. The molecule has 0 saturated heterocycles. The minimum atomic E-state index is 0.0222. The fourth-order valence-corrected chi connectivity index (χ4v) is 2.15. The van der Waals surface area contributed by atoms with Crippen LogP contribution in [0.25, 0.3) is 0 Å². The van der Waals surface area contributed by atoms with Crippen molar-refractivity contribution in [2.75, 3.05) is 25.0 Å². The molecule has 1 unspecified atom stereocenters. The summed E-state index contributed by atoms with van der Waals surface area (Å²) in [7, 11) is 1.89. The van der Waals surface area contributed by atoms with E-state index < -0.39 is 0 Å². The van der Waals surface area contributed by atoms with Crippen molar-refractivity contribution in [2.24, 2.45) is 11.8 Å². The number of rotatable bonds is 6. The number of carbonyl (C=O) groups is 1. The predicted octanol–water partition coefficient (Wildman–Crippen LogP) is 2.29. The van der Waals surface area contributed by atoms with E-state index in [-0.39, 0.29) is 11.8 Å². The van der Waals surface area contributed by atoms with Gasteiger partial charge in [0, 0.05) is 24.7 Å². The molecule has 0 heterocycles. The molecule has 1 N–H and O–H groups in total. The molecular formula is C15H22N2O. The maximum Gasteiger partial charge on any atom is 0.231 e. The van der Waals surface area contributed by atoms with Crippen molar-refractivity contribution in [2.45, 2.75) is 19.8 Å². The van der Waals surface area contributed by atoms with Gasteiger partial charge in [-0.1, -0.05) is 25.1 Å². The number of anilines is 1. The summed E-state index contributed by atoms with van der Waals surface area (Å²) in [5, 5.41) is 3.08. The maximum atomic E-state index is 12.5. The Morgan fingerprint density at radius 2 is 2.06 bits per heavy atom. The van der Waals surface area contributed by atoms with E-state index in [0.717, 1.165) is 18.8 Å². The van der Waals surface area contributed by atoms with Crippen LogP contribution in [0.5, 0.6) is 0 Å². The number of nitrogens with one attached hydrogen (secondary N) is 1. The van der Waals surface area contributed by atoms with Gasteiger partial charge in [0.05, 0.1) is 0 Å². The Labute approximate surface area is 109 Å². The number of hydrogen-bond acceptors (Lipinski definition) is 2. The van der Waals surface area contributed by atoms with Crippen LogP contribution in [0.4, 0.5) is 5.69 Å². The lowest BCUT2D eigenvalue weighted by atomic mass is 10.1. The van der Waals surface area contributed by atoms with Gasteiger partial charge < -0.3 is 10.2 Å². The zero-order valence-corrected chi connectivity index (χ0v) is 11.2. The largest absolute Gasteiger partial charge is 0.319 e. The molecule has 2 rings (SSSR count). The van der Waals surface area contributed by atoms with Crippen LogP contribution in [-0.4, -0.2) is 26.0 Å². The first kappa shape index (κ1) is 13.1. The predicted molar refractivity (Wildman–Crippen MR) is 74.6 cm³/mol. The van der Waals surface area contributed by atoms with Crippen LogP contribution in [0.1, 0.15) is 19.8 Å². The van der Waals surface area contributed by atoms with Gasteiger partial charge in [-0.3, -0.25) is 4.79 Å². The van der Waals surface area contributed by atoms with Crippen molar-refractivity contribution in [3.8, 4) is 0 Å². The Morgan fingerprint density at radius 1 is 1.39 bits per heavy atom. The van der Waals surface area contributed by atoms with Crippen molar-refractivity contribution < 1.29 is 4.79 Å². The summed E-state index contributed by atoms with van der Waals surface area (Å²) in [6.07, 6.45) is 2.52. The molecule has 0 bridgehead atoms. The second-order valence-electron chi connectivity index (χ2n) is 5.19. The molecule has 1 aromatic carbocycles. The quantitative estimate of drug-likeness (QED) is 0.835. The van der Waals surface area contributed by atoms with Gasteiger partial charge in [-0.15, -0.1) is 0 Å². The molecule has 98 valence electrons. The lowest BCUT2D eigenvalue weighted by Gasteiger charge is -2.26. The zero-order chi connectivity index (χ0) is 13.0. The molecular weight excluding hydrogens is 224 g/mol. The highest BCUT2D eigenvalue weighted by Crippen LogP contribution is 2.32. The van der Waals surface area contributed by atoms with Crippen molar-refractivity contribution in [1.82, 2.24) is 5.32 Å². The maximum absolute atomic E-state index is 12.5. The smallest absolute Gasteiger partial charge is 0.231 e. The normalized spacial score (nSPS) is 16.3. The fraction of sp³-hybridized carbons (Fsp3) is 0.533. The average Bonchev–Trinajstić information content (AvgIpc) is 3.20. The highest BCUT2D eigenvalue weighted by Gasteiger charge is 2.29. The first-order chi connectivity index (χ1) is 8.72. The van der Waals surface area contributed by atoms with Gasteiger partial charge in [0.15, 0.2) is 0 Å². The van der Waals surface area contributed by atoms with E-state index in [1.807, 2.05) is 49.2 Å². The summed E-state index contributed by atoms with van der Waals surface area (Å²) >= 11 is 0. The van der Waals surface area contributed by atoms with Gasteiger partial charge in [0.25, 0.3) is 0 Å². The third-order valence-electron chi connectivity index (χ3n) is 3.40. The topological polar surface area (TPSA) is 32.3 Å². The van der Waals surface area contributed by atoms with E-state index in [9.17, 15) is 4.79 Å². The first-order valence-corrected chi connectivity index (χ1v) is 6.73. The highest BCUT2D eigenvalue weighted by molar-refractivity contribution is 5.95. The summed E-state index contributed by atoms with van der Waals surface area (Å²) in [5.74, 6) is 0.951. The first-order valence-electron chi connectivity index (χ1n) is 6.73. The van der Waals surface area contributed by atoms with Crippen LogP contribution >= 0.6 is 0 Å². The Morgan fingerprint density at radius 3 is 2.61 bits per heavy atom. The van der Waals surface area contributed by atoms with Gasteiger partial charge in [0.2, 0.25) is 5.91 Å². The highest BCUT2D eigenvalue weighted by atomic mass is 16.2. The molecule has 1 saturated carbocycles. The van der Waals surface area contributed by atoms with Gasteiger partial charge in [-0.2, -0.15) is 0 Å². The van der Waals surface area contributed by atoms with E-state index >= 15 is 0 Å². The lowest BCUT2D eigenvalue weighted by Crippen LogP contribution is -2.39. The summed E-state index contributed by atoms with van der Waals surface area (Å²) in [6, 6.07) is 10.0. The number of benzene rings is 1. The van der Waals surface area contributed by atoms with E-state index in [1.165, 1.54) is 12.8 Å². The van der Waals surface area contributed by atoms with Gasteiger partial charge >= 0.3 is 0 Å². The fourth-order valence-electron chi connectivity index (χ4n) is 2.15. The number of amides is 1. The molecule has 1 atom stereocenters. The van der Waals surface area contributed by atoms with Crippen LogP contribution in [0.3, 0.4) is 0 Å². The minimum Gasteiger partial charge on any atom is -0.319 e. The Balaban J connectivity index is 2.11. The third kappa shape index (κ3) is 3.33. The third-order valence-corrected chi connectivity index (χ3v) is 3.40. The number of nitrogens with zero attached hydrogens (tertiary/aromatic N) is 1. The standard InChI is InChI=1S/C15H22N2O/c1-12(10-16-2)15(18)17(11-13-8-9-13)14-6-4-3-5-7-14/h3-7,12-13,16H,8-11H2,1-2H3. The Hall–Kier alpha value is -1.35. The van der Waals surface area contributed by atoms with E-state index in [1.54, 1.807) is 0 Å². The van der Waals surface area contributed by atoms with Gasteiger partial charge in [-0.05, 0) is 37.9 Å². The molecule has 3 nitrogen and oxygen atoms in total. The van der Waals surface area contributed by atoms with Crippen LogP contribution in [-0.2, 0) is 4.79 Å². The van der Waals surface area contributed by atoms with Crippen molar-refractivity contribution in [3.63, 3.8) is 0 Å². The molecule has 1 aromatic rings. The summed E-state index contributed by atoms with van der Waals surface area (Å²) in [4.78, 5) is 14.4. The number of para-hydroxylation sites is 1. The summed E-state index contributed by atoms with van der Waals surface area (Å²) < 4.78 is 0. The monoisotopic (exact) mass is 246 g/mol. The zero-order valence-electron chi connectivity index (χ0n) is 11.2. The van der Waals surface area contributed by atoms with Crippen LogP contribution in [0, 0.1) is 11.8 Å². The van der Waals surface area contributed by atoms with Crippen molar-refractivity contribution in [1.29, 1.82) is 0 Å².